The Morgan fingerprint density at radius 1 is 0.875 bits per heavy atom. The van der Waals surface area contributed by atoms with Crippen molar-refractivity contribution in [2.75, 3.05) is 5.73 Å². The van der Waals surface area contributed by atoms with Crippen LogP contribution in [0.4, 0.5) is 5.13 Å². The zero-order valence-electron chi connectivity index (χ0n) is 21.0. The van der Waals surface area contributed by atoms with Crippen molar-refractivity contribution in [2.45, 2.75) is 5.60 Å². The monoisotopic (exact) mass is 546 g/mol. The van der Waals surface area contributed by atoms with Crippen molar-refractivity contribution in [3.05, 3.63) is 137 Å². The zero-order valence-corrected chi connectivity index (χ0v) is 21.8. The summed E-state index contributed by atoms with van der Waals surface area (Å²) in [6.07, 6.45) is 0. The molecule has 40 heavy (non-hydrogen) atoms. The maximum atomic E-state index is 12.3. The smallest absolute Gasteiger partial charge is 0.360 e. The first-order valence-corrected chi connectivity index (χ1v) is 13.2. The first-order valence-electron chi connectivity index (χ1n) is 12.3. The van der Waals surface area contributed by atoms with Crippen LogP contribution in [0.1, 0.15) is 22.4 Å². The largest absolute Gasteiger partial charge is 0.476 e. The van der Waals surface area contributed by atoms with Crippen molar-refractivity contribution in [1.29, 1.82) is 0 Å². The highest BCUT2D eigenvalue weighted by Gasteiger charge is 2.42. The molecule has 0 aliphatic rings. The van der Waals surface area contributed by atoms with E-state index in [1.807, 2.05) is 109 Å². The van der Waals surface area contributed by atoms with Gasteiger partial charge in [-0.3, -0.25) is 0 Å². The van der Waals surface area contributed by atoms with Crippen molar-refractivity contribution >= 4 is 39.2 Å². The molecular formula is C30H22N6O3S. The topological polar surface area (TPSA) is 129 Å². The van der Waals surface area contributed by atoms with Crippen LogP contribution in [0.15, 0.2) is 120 Å². The maximum absolute atomic E-state index is 12.3. The van der Waals surface area contributed by atoms with E-state index in [1.165, 1.54) is 5.38 Å². The van der Waals surface area contributed by atoms with E-state index in [0.29, 0.717) is 11.3 Å². The molecule has 0 fully saturated rings. The molecule has 0 saturated carbocycles. The van der Waals surface area contributed by atoms with Crippen molar-refractivity contribution in [3.63, 3.8) is 0 Å². The number of carboxylic acid groups (broad SMARTS) is 1. The number of benzene rings is 4. The van der Waals surface area contributed by atoms with Gasteiger partial charge in [0.25, 0.3) is 0 Å². The number of anilines is 1. The van der Waals surface area contributed by atoms with E-state index >= 15 is 0 Å². The lowest BCUT2D eigenvalue weighted by atomic mass is 9.79. The summed E-state index contributed by atoms with van der Waals surface area (Å²) in [6.45, 7) is 0. The summed E-state index contributed by atoms with van der Waals surface area (Å²) in [7, 11) is 0. The van der Waals surface area contributed by atoms with Crippen LogP contribution in [-0.2, 0) is 15.2 Å². The molecule has 2 heterocycles. The van der Waals surface area contributed by atoms with Gasteiger partial charge >= 0.3 is 5.97 Å². The summed E-state index contributed by atoms with van der Waals surface area (Å²) in [5.74, 6) is -1.30. The fourth-order valence-electron chi connectivity index (χ4n) is 4.69. The van der Waals surface area contributed by atoms with Gasteiger partial charge in [-0.15, -0.1) is 16.4 Å². The average molecular weight is 547 g/mol. The van der Waals surface area contributed by atoms with E-state index in [1.54, 1.807) is 4.68 Å². The molecule has 0 saturated heterocycles. The number of rotatable bonds is 8. The molecular weight excluding hydrogens is 524 g/mol. The molecule has 0 radical (unpaired) electrons. The molecule has 6 rings (SSSR count). The van der Waals surface area contributed by atoms with Crippen molar-refractivity contribution in [1.82, 2.24) is 20.0 Å². The van der Waals surface area contributed by atoms with Gasteiger partial charge in [-0.2, -0.15) is 0 Å². The SMILES string of the molecule is Nc1nc(C(=NOC(c2ccccc2)(c2ccccc2)c2ccccc2-n2nnc3ccccc32)C(=O)O)cs1. The maximum Gasteiger partial charge on any atom is 0.360 e. The van der Waals surface area contributed by atoms with Gasteiger partial charge in [0, 0.05) is 22.1 Å². The number of nitrogen functional groups attached to an aromatic ring is 1. The minimum atomic E-state index is -1.39. The number of oxime groups is 1. The van der Waals surface area contributed by atoms with E-state index in [0.717, 1.165) is 33.5 Å². The Kier molecular flexibility index (Phi) is 6.51. The van der Waals surface area contributed by atoms with E-state index in [2.05, 4.69) is 20.5 Å². The molecule has 0 amide bonds. The molecule has 2 aromatic heterocycles. The van der Waals surface area contributed by atoms with Crippen molar-refractivity contribution in [2.24, 2.45) is 5.16 Å². The number of nitrogens with two attached hydrogens (primary N) is 1. The number of hydrogen-bond donors (Lipinski definition) is 2. The van der Waals surface area contributed by atoms with Gasteiger partial charge in [0.15, 0.2) is 5.13 Å². The molecule has 6 aromatic rings. The number of thiazole rings is 1. The Bertz CT molecular complexity index is 1790. The van der Waals surface area contributed by atoms with Crippen molar-refractivity contribution in [3.8, 4) is 5.69 Å². The highest BCUT2D eigenvalue weighted by atomic mass is 32.1. The first kappa shape index (κ1) is 25.0. The van der Waals surface area contributed by atoms with Crippen LogP contribution >= 0.6 is 11.3 Å². The van der Waals surface area contributed by atoms with Gasteiger partial charge in [-0.05, 0) is 18.2 Å². The van der Waals surface area contributed by atoms with Crippen LogP contribution in [-0.4, -0.2) is 36.8 Å². The molecule has 0 atom stereocenters. The summed E-state index contributed by atoms with van der Waals surface area (Å²) in [6, 6.07) is 34.3. The molecule has 0 bridgehead atoms. The average Bonchev–Trinajstić information content (AvgIpc) is 3.62. The first-order chi connectivity index (χ1) is 19.6. The number of aliphatic carboxylic acids is 1. The third-order valence-corrected chi connectivity index (χ3v) is 7.14. The molecule has 0 aliphatic heterocycles. The Labute approximate surface area is 232 Å². The summed E-state index contributed by atoms with van der Waals surface area (Å²) in [5, 5.41) is 24.9. The van der Waals surface area contributed by atoms with Gasteiger partial charge in [-0.1, -0.05) is 101 Å². The number of aromatic nitrogens is 4. The Morgan fingerprint density at radius 3 is 2.15 bits per heavy atom. The molecule has 0 unspecified atom stereocenters. The molecule has 0 aliphatic carbocycles. The predicted octanol–water partition coefficient (Wildman–Crippen LogP) is 5.26. The highest BCUT2D eigenvalue weighted by molar-refractivity contribution is 7.13. The third-order valence-electron chi connectivity index (χ3n) is 6.46. The molecule has 196 valence electrons. The summed E-state index contributed by atoms with van der Waals surface area (Å²) >= 11 is 1.12. The van der Waals surface area contributed by atoms with Gasteiger partial charge in [-0.25, -0.2) is 14.5 Å². The Hall–Kier alpha value is -5.35. The Balaban J connectivity index is 1.66. The van der Waals surface area contributed by atoms with E-state index < -0.39 is 11.6 Å². The van der Waals surface area contributed by atoms with E-state index in [-0.39, 0.29) is 16.5 Å². The van der Waals surface area contributed by atoms with Crippen LogP contribution in [0.3, 0.4) is 0 Å². The fourth-order valence-corrected chi connectivity index (χ4v) is 5.23. The highest BCUT2D eigenvalue weighted by Crippen LogP contribution is 2.43. The van der Waals surface area contributed by atoms with E-state index in [9.17, 15) is 9.90 Å². The van der Waals surface area contributed by atoms with Gasteiger partial charge in [0.2, 0.25) is 11.3 Å². The number of para-hydroxylation sites is 2. The van der Waals surface area contributed by atoms with E-state index in [4.69, 9.17) is 10.6 Å². The van der Waals surface area contributed by atoms with Gasteiger partial charge in [0.1, 0.15) is 11.2 Å². The van der Waals surface area contributed by atoms with Crippen molar-refractivity contribution < 1.29 is 14.7 Å². The lowest BCUT2D eigenvalue weighted by Crippen LogP contribution is -2.33. The van der Waals surface area contributed by atoms with Gasteiger partial charge in [0.05, 0.1) is 11.2 Å². The number of fused-ring (bicyclic) bond motifs is 1. The number of nitrogens with zero attached hydrogens (tertiary/aromatic N) is 5. The third kappa shape index (κ3) is 4.36. The van der Waals surface area contributed by atoms with Crippen LogP contribution in [0.5, 0.6) is 0 Å². The fraction of sp³-hybridized carbons (Fsp3) is 0.0333. The lowest BCUT2D eigenvalue weighted by Gasteiger charge is -2.34. The van der Waals surface area contributed by atoms with Crippen LogP contribution in [0.2, 0.25) is 0 Å². The molecule has 0 spiro atoms. The molecule has 4 aromatic carbocycles. The van der Waals surface area contributed by atoms with Crippen LogP contribution in [0, 0.1) is 0 Å². The Morgan fingerprint density at radius 2 is 1.50 bits per heavy atom. The second-order valence-corrected chi connectivity index (χ2v) is 9.72. The van der Waals surface area contributed by atoms with Crippen LogP contribution < -0.4 is 5.73 Å². The number of carboxylic acids is 1. The number of carbonyl (C=O) groups is 1. The standard InChI is InChI=1S/C30H22N6O3S/c31-29-32-24(19-40-29)27(28(37)38)34-39-30(20-11-3-1-4-12-20,21-13-5-2-6-14-21)22-15-7-9-17-25(22)36-26-18-10-8-16-23(26)33-35-36/h1-19H,(H2,31,32)(H,37,38). The summed E-state index contributed by atoms with van der Waals surface area (Å²) in [4.78, 5) is 22.9. The summed E-state index contributed by atoms with van der Waals surface area (Å²) < 4.78 is 1.75. The quantitative estimate of drug-likeness (QED) is 0.151. The minimum Gasteiger partial charge on any atom is -0.476 e. The predicted molar refractivity (Wildman–Crippen MR) is 153 cm³/mol. The molecule has 9 nitrogen and oxygen atoms in total. The normalized spacial score (nSPS) is 11.9. The summed E-state index contributed by atoms with van der Waals surface area (Å²) in [5.41, 5.74) is 8.50. The molecule has 10 heteroatoms. The van der Waals surface area contributed by atoms with Crippen LogP contribution in [0.25, 0.3) is 16.7 Å². The zero-order chi connectivity index (χ0) is 27.5. The number of hydrogen-bond acceptors (Lipinski definition) is 8. The second-order valence-electron chi connectivity index (χ2n) is 8.83. The minimum absolute atomic E-state index is 0.112. The lowest BCUT2D eigenvalue weighted by molar-refractivity contribution is -0.129. The van der Waals surface area contributed by atoms with Gasteiger partial charge < -0.3 is 15.7 Å². The molecule has 3 N–H and O–H groups in total. The second kappa shape index (κ2) is 10.4.